The van der Waals surface area contributed by atoms with Crippen molar-refractivity contribution < 1.29 is 32.9 Å². The van der Waals surface area contributed by atoms with E-state index in [4.69, 9.17) is 14.2 Å². The van der Waals surface area contributed by atoms with E-state index in [9.17, 15) is 18.7 Å². The summed E-state index contributed by atoms with van der Waals surface area (Å²) in [5.74, 6) is 2.43. The van der Waals surface area contributed by atoms with Crippen LogP contribution in [0.2, 0.25) is 0 Å². The summed E-state index contributed by atoms with van der Waals surface area (Å²) in [7, 11) is -0.708. The Bertz CT molecular complexity index is 2590. The fourth-order valence-corrected chi connectivity index (χ4v) is 17.8. The highest BCUT2D eigenvalue weighted by Gasteiger charge is 2.50. The molecule has 3 unspecified atom stereocenters. The summed E-state index contributed by atoms with van der Waals surface area (Å²) in [5, 5.41) is 2.42. The van der Waals surface area contributed by atoms with Gasteiger partial charge in [0.1, 0.15) is 31.5 Å². The number of ether oxygens (including phenoxy) is 3. The number of methoxy groups -OCH3 is 3. The van der Waals surface area contributed by atoms with Gasteiger partial charge in [0.2, 0.25) is 11.8 Å². The van der Waals surface area contributed by atoms with Gasteiger partial charge in [0.05, 0.1) is 68.7 Å². The van der Waals surface area contributed by atoms with Gasteiger partial charge in [-0.05, 0) is 66.5 Å². The summed E-state index contributed by atoms with van der Waals surface area (Å²) in [4.78, 5) is 29.5. The lowest BCUT2D eigenvalue weighted by atomic mass is 10.1. The molecule has 0 spiro atoms. The second kappa shape index (κ2) is 19.7. The maximum atomic E-state index is 13.9. The van der Waals surface area contributed by atoms with Crippen molar-refractivity contribution in [1.29, 1.82) is 0 Å². The fraction of sp³-hybridized carbons (Fsp3) is 0.396. The van der Waals surface area contributed by atoms with Gasteiger partial charge in [0.25, 0.3) is 0 Å². The van der Waals surface area contributed by atoms with Crippen LogP contribution < -0.4 is 39.9 Å². The Kier molecular flexibility index (Phi) is 15.0. The molecule has 9 nitrogen and oxygen atoms in total. The van der Waals surface area contributed by atoms with Crippen LogP contribution in [0.5, 0.6) is 17.2 Å². The summed E-state index contributed by atoms with van der Waals surface area (Å²) in [6.07, 6.45) is 3.44. The van der Waals surface area contributed by atoms with Gasteiger partial charge in [-0.15, -0.1) is 0 Å². The Morgan fingerprint density at radius 3 is 1.51 bits per heavy atom. The number of nitrogens with zero attached hydrogens (tertiary/aromatic N) is 2. The maximum absolute atomic E-state index is 13.9. The molecular weight excluding hydrogens is 870 g/mol. The van der Waals surface area contributed by atoms with Gasteiger partial charge in [-0.25, -0.2) is 0 Å². The Morgan fingerprint density at radius 1 is 0.554 bits per heavy atom. The van der Waals surface area contributed by atoms with Crippen molar-refractivity contribution in [2.24, 2.45) is 0 Å². The molecule has 0 saturated carbocycles. The van der Waals surface area contributed by atoms with Crippen LogP contribution >= 0.6 is 22.2 Å². The third kappa shape index (κ3) is 10.2. The van der Waals surface area contributed by atoms with Crippen LogP contribution in [0.25, 0.3) is 0 Å². The molecule has 3 aliphatic heterocycles. The molecule has 2 amide bonds. The van der Waals surface area contributed by atoms with Crippen molar-refractivity contribution in [1.82, 2.24) is 0 Å². The van der Waals surface area contributed by atoms with E-state index in [1.54, 1.807) is 26.2 Å². The normalized spacial score (nSPS) is 19.7. The number of hydrogen-bond acceptors (Lipinski definition) is 7. The van der Waals surface area contributed by atoms with Crippen LogP contribution in [0, 0.1) is 0 Å². The molecule has 0 fully saturated rings. The summed E-state index contributed by atoms with van der Waals surface area (Å²) in [6.45, 7) is 18.8. The monoisotopic (exact) mass is 936 g/mol. The summed E-state index contributed by atoms with van der Waals surface area (Å²) in [5.41, 5.74) is 4.96. The molecule has 0 saturated heterocycles. The van der Waals surface area contributed by atoms with Gasteiger partial charge in [0, 0.05) is 21.8 Å². The van der Waals surface area contributed by atoms with E-state index in [2.05, 4.69) is 53.7 Å². The molecule has 3 aliphatic rings. The predicted octanol–water partition coefficient (Wildman–Crippen LogP) is 11.2. The van der Waals surface area contributed by atoms with Crippen LogP contribution in [0.1, 0.15) is 79.0 Å². The van der Waals surface area contributed by atoms with E-state index in [1.165, 1.54) is 10.9 Å². The fourth-order valence-electron chi connectivity index (χ4n) is 8.71. The van der Waals surface area contributed by atoms with Crippen LogP contribution in [0.15, 0.2) is 115 Å². The first kappa shape index (κ1) is 49.8. The van der Waals surface area contributed by atoms with Gasteiger partial charge in [0.15, 0.2) is 0 Å². The molecular formula is C53H67N2O7P3. The molecule has 0 radical (unpaired) electrons. The number of fused-ring (bicyclic) bond motifs is 3. The molecule has 65 heavy (non-hydrogen) atoms. The van der Waals surface area contributed by atoms with E-state index in [0.717, 1.165) is 58.2 Å². The van der Waals surface area contributed by atoms with Gasteiger partial charge in [-0.2, -0.15) is 0 Å². The van der Waals surface area contributed by atoms with Crippen LogP contribution in [0.4, 0.5) is 11.4 Å². The van der Waals surface area contributed by atoms with Crippen molar-refractivity contribution in [3.8, 4) is 17.2 Å². The lowest BCUT2D eigenvalue weighted by molar-refractivity contribution is -0.118. The highest BCUT2D eigenvalue weighted by atomic mass is 31.2. The van der Waals surface area contributed by atoms with Gasteiger partial charge in [-0.1, -0.05) is 147 Å². The average molecular weight is 937 g/mol. The molecule has 0 aliphatic carbocycles. The molecule has 12 heteroatoms. The second-order valence-corrected chi connectivity index (χ2v) is 30.0. The Labute approximate surface area is 388 Å². The minimum absolute atomic E-state index is 0.0392. The minimum Gasteiger partial charge on any atom is -0.496 e. The van der Waals surface area contributed by atoms with E-state index in [1.807, 2.05) is 129 Å². The third-order valence-electron chi connectivity index (χ3n) is 12.6. The van der Waals surface area contributed by atoms with E-state index in [-0.39, 0.29) is 28.4 Å². The van der Waals surface area contributed by atoms with Crippen LogP contribution in [-0.4, -0.2) is 67.3 Å². The summed E-state index contributed by atoms with van der Waals surface area (Å²) >= 11 is 0. The number of anilines is 2. The van der Waals surface area contributed by atoms with E-state index >= 15 is 0 Å². The van der Waals surface area contributed by atoms with E-state index in [0.29, 0.717) is 23.9 Å². The largest absolute Gasteiger partial charge is 0.496 e. The Hall–Kier alpha value is -4.67. The second-order valence-electron chi connectivity index (χ2n) is 19.8. The lowest BCUT2D eigenvalue weighted by Crippen LogP contribution is -2.31. The first-order chi connectivity index (χ1) is 30.6. The number of carbonyl (C=O) groups excluding carboxylic acids is 2. The molecule has 3 atom stereocenters. The SMILES string of the molecule is COc1cccc2c1P(=O)(C(C)(C)C)CC2.COc1cccc2c1P(=O)(C(C)(C)C)CN2C(=O)Cc1ccccc1.COc1cccc2c1P(C(C)(C)C)CN2C(=O)Cc1ccccc1. The Morgan fingerprint density at radius 2 is 1.02 bits per heavy atom. The first-order valence-electron chi connectivity index (χ1n) is 22.2. The number of carbonyl (C=O) groups is 2. The van der Waals surface area contributed by atoms with Crippen molar-refractivity contribution in [3.05, 3.63) is 132 Å². The molecule has 5 aromatic carbocycles. The number of rotatable bonds is 7. The number of amides is 2. The number of aryl methyl sites for hydroxylation is 1. The molecule has 346 valence electrons. The van der Waals surface area contributed by atoms with Crippen LogP contribution in [0.3, 0.4) is 0 Å². The minimum atomic E-state index is -2.83. The third-order valence-corrected chi connectivity index (χ3v) is 24.0. The molecule has 0 bridgehead atoms. The smallest absolute Gasteiger partial charge is 0.231 e. The topological polar surface area (TPSA) is 102 Å². The zero-order valence-electron chi connectivity index (χ0n) is 40.3. The van der Waals surface area contributed by atoms with Gasteiger partial charge in [-0.3, -0.25) is 9.59 Å². The van der Waals surface area contributed by atoms with Crippen molar-refractivity contribution in [2.75, 3.05) is 49.9 Å². The standard InChI is InChI=1S/C20H24NO3P.C20H24NO2P.C13H19O2P/c1-20(2,3)25(23)14-21(16-11-8-12-17(24-4)19(16)25)18(22)13-15-9-6-5-7-10-15;1-20(2,3)24-14-21(16-11-8-12-17(23-4)19(16)24)18(22)13-15-9-6-5-7-10-15;1-13(2,3)16(14)9-8-10-6-5-7-11(15-4)12(10)16/h5-12H,13-14H2,1-4H3;5-12H,13-14H2,1-4H3;5-7H,8-9H2,1-4H3. The van der Waals surface area contributed by atoms with Crippen molar-refractivity contribution in [2.45, 2.75) is 97.0 Å². The maximum Gasteiger partial charge on any atom is 0.231 e. The van der Waals surface area contributed by atoms with Crippen LogP contribution in [-0.2, 0) is 38.0 Å². The number of hydrogen-bond donors (Lipinski definition) is 0. The number of benzene rings is 5. The quantitative estimate of drug-likeness (QED) is 0.150. The summed E-state index contributed by atoms with van der Waals surface area (Å²) in [6, 6.07) is 37.1. The van der Waals surface area contributed by atoms with E-state index < -0.39 is 27.4 Å². The first-order valence-corrected chi connectivity index (χ1v) is 27.6. The molecule has 3 heterocycles. The zero-order chi connectivity index (χ0) is 47.5. The summed E-state index contributed by atoms with van der Waals surface area (Å²) < 4.78 is 43.6. The predicted molar refractivity (Wildman–Crippen MR) is 273 cm³/mol. The molecule has 8 rings (SSSR count). The molecule has 0 aromatic heterocycles. The zero-order valence-corrected chi connectivity index (χ0v) is 43.0. The van der Waals surface area contributed by atoms with Crippen molar-refractivity contribution >= 4 is 61.3 Å². The van der Waals surface area contributed by atoms with Gasteiger partial charge < -0.3 is 33.1 Å². The molecule has 0 N–H and O–H groups in total. The Balaban J connectivity index is 0.000000166. The lowest BCUT2D eigenvalue weighted by Gasteiger charge is -2.29. The van der Waals surface area contributed by atoms with Crippen molar-refractivity contribution in [3.63, 3.8) is 0 Å². The van der Waals surface area contributed by atoms with Gasteiger partial charge >= 0.3 is 0 Å². The highest BCUT2D eigenvalue weighted by Crippen LogP contribution is 2.64. The molecule has 5 aromatic rings. The average Bonchev–Trinajstić information content (AvgIpc) is 3.96. The highest BCUT2D eigenvalue weighted by molar-refractivity contribution is 7.74.